The third kappa shape index (κ3) is 3.98. The minimum atomic E-state index is -0.572. The van der Waals surface area contributed by atoms with E-state index in [4.69, 9.17) is 4.74 Å². The molecule has 2 heterocycles. The molecule has 30 heavy (non-hydrogen) atoms. The fourth-order valence-electron chi connectivity index (χ4n) is 3.45. The lowest BCUT2D eigenvalue weighted by Crippen LogP contribution is -2.50. The molecular weight excluding hydrogens is 391 g/mol. The summed E-state index contributed by atoms with van der Waals surface area (Å²) < 4.78 is 18.0. The summed E-state index contributed by atoms with van der Waals surface area (Å²) in [7, 11) is 1.83. The van der Waals surface area contributed by atoms with Gasteiger partial charge in [0.05, 0.1) is 5.69 Å². The second-order valence-electron chi connectivity index (χ2n) is 7.60. The van der Waals surface area contributed by atoms with Gasteiger partial charge in [0.15, 0.2) is 5.82 Å². The first kappa shape index (κ1) is 19.9. The largest absolute Gasteiger partial charge is 0.412 e. The van der Waals surface area contributed by atoms with Crippen molar-refractivity contribution < 1.29 is 18.7 Å². The van der Waals surface area contributed by atoms with Crippen LogP contribution in [0.1, 0.15) is 25.5 Å². The predicted molar refractivity (Wildman–Crippen MR) is 109 cm³/mol. The average Bonchev–Trinajstić information content (AvgIpc) is 2.67. The predicted octanol–water partition coefficient (Wildman–Crippen LogP) is 2.43. The maximum atomic E-state index is 12.9. The Hall–Kier alpha value is -3.43. The lowest BCUT2D eigenvalue weighted by Gasteiger charge is -2.37. The van der Waals surface area contributed by atoms with Crippen LogP contribution in [0.3, 0.4) is 0 Å². The number of fused-ring (bicyclic) bond motifs is 1. The van der Waals surface area contributed by atoms with Gasteiger partial charge in [0, 0.05) is 19.1 Å². The standard InChI is InChI=1S/C20H23FN6O3/c1-10-16-17(27(3)11(2)18(28)25-16)26-19(22-10)23-13-8-14(9-13)24-20(29)30-15-6-4-12(21)5-7-15/h4-7,11,13-14H,8-9H2,1-3H3,(H,24,29)(H,25,28)(H,22,23,26)/t11-,13?,14?/m0/s1. The number of aryl methyl sites for hydroxylation is 1. The summed E-state index contributed by atoms with van der Waals surface area (Å²) >= 11 is 0. The van der Waals surface area contributed by atoms with Crippen LogP contribution in [0.2, 0.25) is 0 Å². The molecular formula is C20H23FN6O3. The van der Waals surface area contributed by atoms with Crippen molar-refractivity contribution in [3.63, 3.8) is 0 Å². The van der Waals surface area contributed by atoms with Crippen LogP contribution in [0, 0.1) is 12.7 Å². The van der Waals surface area contributed by atoms with E-state index in [1.165, 1.54) is 24.3 Å². The van der Waals surface area contributed by atoms with Crippen LogP contribution in [0.4, 0.5) is 26.6 Å². The number of halogens is 1. The second-order valence-corrected chi connectivity index (χ2v) is 7.60. The van der Waals surface area contributed by atoms with E-state index in [0.717, 1.165) is 0 Å². The fraction of sp³-hybridized carbons (Fsp3) is 0.400. The van der Waals surface area contributed by atoms with Crippen LogP contribution in [0.5, 0.6) is 5.75 Å². The second kappa shape index (κ2) is 7.77. The van der Waals surface area contributed by atoms with E-state index in [-0.39, 0.29) is 29.8 Å². The highest BCUT2D eigenvalue weighted by molar-refractivity contribution is 6.03. The molecule has 2 aliphatic rings. The molecule has 1 aromatic heterocycles. The van der Waals surface area contributed by atoms with Gasteiger partial charge in [0.2, 0.25) is 11.9 Å². The van der Waals surface area contributed by atoms with E-state index in [9.17, 15) is 14.0 Å². The van der Waals surface area contributed by atoms with Gasteiger partial charge in [-0.2, -0.15) is 4.98 Å². The van der Waals surface area contributed by atoms with E-state index in [0.29, 0.717) is 36.0 Å². The lowest BCUT2D eigenvalue weighted by atomic mass is 9.87. The minimum Gasteiger partial charge on any atom is -0.410 e. The van der Waals surface area contributed by atoms with Crippen LogP contribution in [-0.4, -0.2) is 47.1 Å². The van der Waals surface area contributed by atoms with Crippen molar-refractivity contribution in [2.75, 3.05) is 22.6 Å². The summed E-state index contributed by atoms with van der Waals surface area (Å²) in [6.45, 7) is 3.64. The summed E-state index contributed by atoms with van der Waals surface area (Å²) in [6, 6.07) is 5.03. The van der Waals surface area contributed by atoms with E-state index in [2.05, 4.69) is 25.9 Å². The number of ether oxygens (including phenoxy) is 1. The number of nitrogens with one attached hydrogen (secondary N) is 3. The molecule has 10 heteroatoms. The number of aromatic nitrogens is 2. The molecule has 0 unspecified atom stereocenters. The van der Waals surface area contributed by atoms with Crippen LogP contribution >= 0.6 is 0 Å². The van der Waals surface area contributed by atoms with Crippen molar-refractivity contribution in [2.24, 2.45) is 0 Å². The Morgan fingerprint density at radius 1 is 1.23 bits per heavy atom. The lowest BCUT2D eigenvalue weighted by molar-refractivity contribution is -0.117. The topological polar surface area (TPSA) is 108 Å². The van der Waals surface area contributed by atoms with Crippen molar-refractivity contribution in [1.82, 2.24) is 15.3 Å². The number of likely N-dealkylation sites (N-methyl/N-ethyl adjacent to an activating group) is 1. The van der Waals surface area contributed by atoms with Gasteiger partial charge in [-0.1, -0.05) is 0 Å². The number of carbonyl (C=O) groups excluding carboxylic acids is 2. The number of amides is 2. The van der Waals surface area contributed by atoms with E-state index in [1.54, 1.807) is 0 Å². The van der Waals surface area contributed by atoms with Gasteiger partial charge in [-0.05, 0) is 51.0 Å². The van der Waals surface area contributed by atoms with Crippen molar-refractivity contribution in [3.05, 3.63) is 35.8 Å². The highest BCUT2D eigenvalue weighted by Gasteiger charge is 2.33. The molecule has 1 fully saturated rings. The third-order valence-corrected chi connectivity index (χ3v) is 5.43. The number of benzene rings is 1. The Labute approximate surface area is 173 Å². The van der Waals surface area contributed by atoms with Crippen molar-refractivity contribution in [1.29, 1.82) is 0 Å². The van der Waals surface area contributed by atoms with Gasteiger partial charge < -0.3 is 25.6 Å². The maximum absolute atomic E-state index is 12.9. The smallest absolute Gasteiger partial charge is 0.410 e. The molecule has 4 rings (SSSR count). The molecule has 1 aliphatic heterocycles. The monoisotopic (exact) mass is 414 g/mol. The molecule has 1 aromatic carbocycles. The molecule has 1 atom stereocenters. The van der Waals surface area contributed by atoms with Crippen LogP contribution in [-0.2, 0) is 4.79 Å². The quantitative estimate of drug-likeness (QED) is 0.705. The molecule has 0 radical (unpaired) electrons. The number of nitrogens with zero attached hydrogens (tertiary/aromatic N) is 3. The number of anilines is 3. The molecule has 1 saturated carbocycles. The fourth-order valence-corrected chi connectivity index (χ4v) is 3.45. The van der Waals surface area contributed by atoms with Gasteiger partial charge in [0.25, 0.3) is 0 Å². The highest BCUT2D eigenvalue weighted by atomic mass is 19.1. The third-order valence-electron chi connectivity index (χ3n) is 5.43. The van der Waals surface area contributed by atoms with Gasteiger partial charge in [-0.25, -0.2) is 14.2 Å². The summed E-state index contributed by atoms with van der Waals surface area (Å²) in [5.41, 5.74) is 1.31. The molecule has 1 aliphatic carbocycles. The zero-order valence-corrected chi connectivity index (χ0v) is 16.9. The van der Waals surface area contributed by atoms with E-state index in [1.807, 2.05) is 25.8 Å². The average molecular weight is 414 g/mol. The highest BCUT2D eigenvalue weighted by Crippen LogP contribution is 2.33. The van der Waals surface area contributed by atoms with Gasteiger partial charge in [-0.3, -0.25) is 4.79 Å². The van der Waals surface area contributed by atoms with Gasteiger partial charge in [-0.15, -0.1) is 0 Å². The number of carbonyl (C=O) groups is 2. The normalized spacial score (nSPS) is 22.5. The Balaban J connectivity index is 1.31. The molecule has 3 N–H and O–H groups in total. The summed E-state index contributed by atoms with van der Waals surface area (Å²) in [5, 5.41) is 8.92. The molecule has 158 valence electrons. The SMILES string of the molecule is Cc1nc(NC2CC(NC(=O)Oc3ccc(F)cc3)C2)nc2c1NC(=O)[C@H](C)N2C. The van der Waals surface area contributed by atoms with E-state index < -0.39 is 11.9 Å². The van der Waals surface area contributed by atoms with Gasteiger partial charge >= 0.3 is 6.09 Å². The number of hydrogen-bond acceptors (Lipinski definition) is 7. The number of rotatable bonds is 4. The molecule has 9 nitrogen and oxygen atoms in total. The van der Waals surface area contributed by atoms with Crippen LogP contribution < -0.4 is 25.6 Å². The summed E-state index contributed by atoms with van der Waals surface area (Å²) in [4.78, 5) is 34.8. The van der Waals surface area contributed by atoms with Crippen molar-refractivity contribution in [3.8, 4) is 5.75 Å². The Kier molecular flexibility index (Phi) is 5.15. The zero-order chi connectivity index (χ0) is 21.4. The molecule has 0 saturated heterocycles. The Morgan fingerprint density at radius 2 is 1.93 bits per heavy atom. The molecule has 2 amide bonds. The Bertz CT molecular complexity index is 977. The van der Waals surface area contributed by atoms with Crippen molar-refractivity contribution in [2.45, 2.75) is 44.8 Å². The minimum absolute atomic E-state index is 0.0313. The maximum Gasteiger partial charge on any atom is 0.412 e. The molecule has 2 aromatic rings. The first-order valence-corrected chi connectivity index (χ1v) is 9.73. The van der Waals surface area contributed by atoms with E-state index >= 15 is 0 Å². The summed E-state index contributed by atoms with van der Waals surface area (Å²) in [6.07, 6.45) is 0.819. The summed E-state index contributed by atoms with van der Waals surface area (Å²) in [5.74, 6) is 0.968. The first-order valence-electron chi connectivity index (χ1n) is 9.73. The van der Waals surface area contributed by atoms with Crippen LogP contribution in [0.15, 0.2) is 24.3 Å². The van der Waals surface area contributed by atoms with Crippen molar-refractivity contribution >= 4 is 29.5 Å². The zero-order valence-electron chi connectivity index (χ0n) is 16.9. The van der Waals surface area contributed by atoms with Gasteiger partial charge in [0.1, 0.15) is 23.3 Å². The Morgan fingerprint density at radius 3 is 2.63 bits per heavy atom. The molecule has 0 bridgehead atoms. The van der Waals surface area contributed by atoms with Crippen LogP contribution in [0.25, 0.3) is 0 Å². The molecule has 0 spiro atoms. The first-order chi connectivity index (χ1) is 14.3. The number of hydrogen-bond donors (Lipinski definition) is 3.